The van der Waals surface area contributed by atoms with Gasteiger partial charge in [-0.3, -0.25) is 9.59 Å². The Kier molecular flexibility index (Phi) is 5.83. The summed E-state index contributed by atoms with van der Waals surface area (Å²) in [6.07, 6.45) is 0.663. The van der Waals surface area contributed by atoms with Crippen molar-refractivity contribution in [3.63, 3.8) is 0 Å². The molecule has 0 aliphatic heterocycles. The van der Waals surface area contributed by atoms with Crippen molar-refractivity contribution in [3.05, 3.63) is 53.6 Å². The van der Waals surface area contributed by atoms with Gasteiger partial charge in [-0.05, 0) is 37.3 Å². The Morgan fingerprint density at radius 1 is 1.12 bits per heavy atom. The maximum absolute atomic E-state index is 13.5. The lowest BCUT2D eigenvalue weighted by atomic mass is 10.2. The van der Waals surface area contributed by atoms with E-state index in [0.717, 1.165) is 12.1 Å². The Bertz CT molecular complexity index is 749. The van der Waals surface area contributed by atoms with Gasteiger partial charge in [0.25, 0.3) is 5.91 Å². The van der Waals surface area contributed by atoms with Crippen LogP contribution in [0.25, 0.3) is 0 Å². The molecule has 0 aliphatic carbocycles. The summed E-state index contributed by atoms with van der Waals surface area (Å²) in [6.45, 7) is 1.71. The Hall–Kier alpha value is -2.96. The molecule has 0 atom stereocenters. The fourth-order valence-corrected chi connectivity index (χ4v) is 1.91. The highest BCUT2D eigenvalue weighted by Gasteiger charge is 2.11. The molecule has 126 valence electrons. The van der Waals surface area contributed by atoms with E-state index in [4.69, 9.17) is 9.47 Å². The van der Waals surface area contributed by atoms with Gasteiger partial charge >= 0.3 is 0 Å². The molecule has 0 unspecified atom stereocenters. The molecule has 0 saturated carbocycles. The molecule has 1 N–H and O–H groups in total. The first-order valence-electron chi connectivity index (χ1n) is 7.13. The van der Waals surface area contributed by atoms with Crippen LogP contribution in [0.2, 0.25) is 0 Å². The number of benzene rings is 2. The second kappa shape index (κ2) is 8.05. The Morgan fingerprint density at radius 2 is 1.92 bits per heavy atom. The number of carbonyl (C=O) groups excluding carboxylic acids is 2. The van der Waals surface area contributed by atoms with Crippen molar-refractivity contribution in [2.24, 2.45) is 0 Å². The standard InChI is InChI=1S/C17H15F2NO4/c1-2-23-16-7-11(9-21)3-6-15(16)24-10-17(22)20-14-5-4-12(18)8-13(14)19/h3-9H,2,10H2,1H3,(H,20,22). The lowest BCUT2D eigenvalue weighted by molar-refractivity contribution is -0.118. The Balaban J connectivity index is 2.02. The summed E-state index contributed by atoms with van der Waals surface area (Å²) in [7, 11) is 0. The smallest absolute Gasteiger partial charge is 0.262 e. The number of anilines is 1. The highest BCUT2D eigenvalue weighted by atomic mass is 19.1. The summed E-state index contributed by atoms with van der Waals surface area (Å²) >= 11 is 0. The fourth-order valence-electron chi connectivity index (χ4n) is 1.91. The number of hydrogen-bond acceptors (Lipinski definition) is 4. The van der Waals surface area contributed by atoms with Gasteiger partial charge in [0.2, 0.25) is 0 Å². The molecular weight excluding hydrogens is 320 g/mol. The maximum atomic E-state index is 13.5. The van der Waals surface area contributed by atoms with Crippen LogP contribution < -0.4 is 14.8 Å². The fraction of sp³-hybridized carbons (Fsp3) is 0.176. The molecule has 0 fully saturated rings. The van der Waals surface area contributed by atoms with Crippen molar-refractivity contribution in [2.45, 2.75) is 6.92 Å². The average Bonchev–Trinajstić information content (AvgIpc) is 2.56. The number of amides is 1. The zero-order valence-corrected chi connectivity index (χ0v) is 12.8. The molecule has 0 aliphatic rings. The van der Waals surface area contributed by atoms with Crippen molar-refractivity contribution in [2.75, 3.05) is 18.5 Å². The summed E-state index contributed by atoms with van der Waals surface area (Å²) in [6, 6.07) is 7.33. The largest absolute Gasteiger partial charge is 0.490 e. The third kappa shape index (κ3) is 4.52. The van der Waals surface area contributed by atoms with Gasteiger partial charge in [-0.15, -0.1) is 0 Å². The molecule has 0 bridgehead atoms. The van der Waals surface area contributed by atoms with Crippen LogP contribution in [0, 0.1) is 11.6 Å². The van der Waals surface area contributed by atoms with Gasteiger partial charge < -0.3 is 14.8 Å². The Labute approximate surface area is 137 Å². The quantitative estimate of drug-likeness (QED) is 0.789. The molecule has 0 radical (unpaired) electrons. The molecule has 0 spiro atoms. The monoisotopic (exact) mass is 335 g/mol. The molecule has 0 saturated heterocycles. The molecule has 1 amide bonds. The van der Waals surface area contributed by atoms with E-state index in [1.807, 2.05) is 0 Å². The van der Waals surface area contributed by atoms with Crippen LogP contribution in [0.5, 0.6) is 11.5 Å². The lowest BCUT2D eigenvalue weighted by Crippen LogP contribution is -2.21. The second-order valence-electron chi connectivity index (χ2n) is 4.72. The Morgan fingerprint density at radius 3 is 2.58 bits per heavy atom. The van der Waals surface area contributed by atoms with Gasteiger partial charge in [-0.2, -0.15) is 0 Å². The first kappa shape index (κ1) is 17.4. The molecule has 2 aromatic rings. The van der Waals surface area contributed by atoms with Gasteiger partial charge in [-0.1, -0.05) is 0 Å². The van der Waals surface area contributed by atoms with Gasteiger partial charge in [0.15, 0.2) is 18.1 Å². The third-order valence-corrected chi connectivity index (χ3v) is 2.97. The van der Waals surface area contributed by atoms with Gasteiger partial charge in [0.05, 0.1) is 12.3 Å². The van der Waals surface area contributed by atoms with Crippen molar-refractivity contribution >= 4 is 17.9 Å². The normalized spacial score (nSPS) is 10.1. The minimum atomic E-state index is -0.881. The molecule has 24 heavy (non-hydrogen) atoms. The highest BCUT2D eigenvalue weighted by molar-refractivity contribution is 5.92. The first-order valence-corrected chi connectivity index (χ1v) is 7.13. The number of hydrogen-bond donors (Lipinski definition) is 1. The van der Waals surface area contributed by atoms with Crippen LogP contribution in [0.4, 0.5) is 14.5 Å². The van der Waals surface area contributed by atoms with Crippen molar-refractivity contribution in [3.8, 4) is 11.5 Å². The van der Waals surface area contributed by atoms with Crippen LogP contribution in [-0.4, -0.2) is 25.4 Å². The summed E-state index contributed by atoms with van der Waals surface area (Å²) in [5.41, 5.74) is 0.259. The molecule has 7 heteroatoms. The highest BCUT2D eigenvalue weighted by Crippen LogP contribution is 2.28. The predicted octanol–water partition coefficient (Wildman–Crippen LogP) is 3.19. The third-order valence-electron chi connectivity index (χ3n) is 2.97. The van der Waals surface area contributed by atoms with Crippen LogP contribution in [0.3, 0.4) is 0 Å². The number of rotatable bonds is 7. The van der Waals surface area contributed by atoms with Crippen molar-refractivity contribution < 1.29 is 27.8 Å². The minimum Gasteiger partial charge on any atom is -0.490 e. The zero-order chi connectivity index (χ0) is 17.5. The summed E-state index contributed by atoms with van der Waals surface area (Å²) in [4.78, 5) is 22.6. The second-order valence-corrected chi connectivity index (χ2v) is 4.72. The summed E-state index contributed by atoms with van der Waals surface area (Å²) in [5, 5.41) is 2.28. The van der Waals surface area contributed by atoms with Crippen LogP contribution in [0.15, 0.2) is 36.4 Å². The summed E-state index contributed by atoms with van der Waals surface area (Å²) in [5.74, 6) is -1.64. The van der Waals surface area contributed by atoms with Gasteiger partial charge in [-0.25, -0.2) is 8.78 Å². The topological polar surface area (TPSA) is 64.6 Å². The number of ether oxygens (including phenoxy) is 2. The van der Waals surface area contributed by atoms with Gasteiger partial charge in [0.1, 0.15) is 17.9 Å². The van der Waals surface area contributed by atoms with E-state index in [-0.39, 0.29) is 11.4 Å². The van der Waals surface area contributed by atoms with Crippen molar-refractivity contribution in [1.29, 1.82) is 0 Å². The first-order chi connectivity index (χ1) is 11.5. The molecular formula is C17H15F2NO4. The van der Waals surface area contributed by atoms with E-state index in [1.54, 1.807) is 6.92 Å². The number of halogens is 2. The number of nitrogens with one attached hydrogen (secondary N) is 1. The van der Waals surface area contributed by atoms with Crippen LogP contribution in [-0.2, 0) is 4.79 Å². The number of aldehydes is 1. The number of carbonyl (C=O) groups is 2. The van der Waals surface area contributed by atoms with E-state index >= 15 is 0 Å². The lowest BCUT2D eigenvalue weighted by Gasteiger charge is -2.12. The van der Waals surface area contributed by atoms with Crippen molar-refractivity contribution in [1.82, 2.24) is 0 Å². The van der Waals surface area contributed by atoms with E-state index < -0.39 is 24.1 Å². The molecule has 2 rings (SSSR count). The van der Waals surface area contributed by atoms with E-state index in [0.29, 0.717) is 30.3 Å². The zero-order valence-electron chi connectivity index (χ0n) is 12.8. The minimum absolute atomic E-state index is 0.147. The SMILES string of the molecule is CCOc1cc(C=O)ccc1OCC(=O)Nc1ccc(F)cc1F. The molecule has 2 aromatic carbocycles. The molecule has 5 nitrogen and oxygen atoms in total. The van der Waals surface area contributed by atoms with E-state index in [2.05, 4.69) is 5.32 Å². The molecule has 0 aromatic heterocycles. The average molecular weight is 335 g/mol. The van der Waals surface area contributed by atoms with Crippen LogP contribution >= 0.6 is 0 Å². The predicted molar refractivity (Wildman–Crippen MR) is 83.5 cm³/mol. The van der Waals surface area contributed by atoms with E-state index in [1.165, 1.54) is 18.2 Å². The summed E-state index contributed by atoms with van der Waals surface area (Å²) < 4.78 is 37.0. The molecule has 0 heterocycles. The maximum Gasteiger partial charge on any atom is 0.262 e. The van der Waals surface area contributed by atoms with E-state index in [9.17, 15) is 18.4 Å². The van der Waals surface area contributed by atoms with Crippen LogP contribution in [0.1, 0.15) is 17.3 Å². The van der Waals surface area contributed by atoms with Gasteiger partial charge in [0, 0.05) is 11.6 Å².